The molecule has 2 aromatic carbocycles. The average molecular weight is 447 g/mol. The van der Waals surface area contributed by atoms with Crippen molar-refractivity contribution in [3.8, 4) is 0 Å². The van der Waals surface area contributed by atoms with E-state index in [1.54, 1.807) is 11.8 Å². The molecule has 0 fully saturated rings. The monoisotopic (exact) mass is 446 g/mol. The average Bonchev–Trinajstić information content (AvgIpc) is 3.04. The third-order valence-corrected chi connectivity index (χ3v) is 5.76. The van der Waals surface area contributed by atoms with E-state index in [2.05, 4.69) is 38.4 Å². The molecule has 5 nitrogen and oxygen atoms in total. The molecule has 7 heteroatoms. The van der Waals surface area contributed by atoms with Gasteiger partial charge in [-0.1, -0.05) is 36.4 Å². The normalized spacial score (nSPS) is 10.7. The number of ether oxygens (including phenoxy) is 1. The van der Waals surface area contributed by atoms with Gasteiger partial charge in [-0.2, -0.15) is 0 Å². The number of nitrogens with one attached hydrogen (secondary N) is 2. The van der Waals surface area contributed by atoms with Gasteiger partial charge < -0.3 is 15.0 Å². The summed E-state index contributed by atoms with van der Waals surface area (Å²) in [4.78, 5) is 28.3. The van der Waals surface area contributed by atoms with Crippen LogP contribution in [0.2, 0.25) is 0 Å². The van der Waals surface area contributed by atoms with Crippen LogP contribution in [0.1, 0.15) is 16.9 Å². The molecule has 0 saturated heterocycles. The molecule has 1 aromatic heterocycles. The van der Waals surface area contributed by atoms with Gasteiger partial charge >= 0.3 is 5.97 Å². The van der Waals surface area contributed by atoms with Gasteiger partial charge in [-0.05, 0) is 46.3 Å². The molecule has 0 spiro atoms. The van der Waals surface area contributed by atoms with Gasteiger partial charge in [0.05, 0.1) is 4.47 Å². The maximum atomic E-state index is 12.2. The number of hydrogen-bond acceptors (Lipinski definition) is 4. The summed E-state index contributed by atoms with van der Waals surface area (Å²) in [6.07, 6.45) is 0.840. The Labute approximate surface area is 170 Å². The minimum absolute atomic E-state index is 0.299. The lowest BCUT2D eigenvalue weighted by Gasteiger charge is -2.06. The number of fused-ring (bicyclic) bond motifs is 1. The molecule has 0 aliphatic heterocycles. The van der Waals surface area contributed by atoms with Gasteiger partial charge in [0.1, 0.15) is 5.69 Å². The van der Waals surface area contributed by atoms with Gasteiger partial charge in [0.25, 0.3) is 5.91 Å². The highest BCUT2D eigenvalue weighted by Crippen LogP contribution is 2.28. The largest absolute Gasteiger partial charge is 0.451 e. The van der Waals surface area contributed by atoms with Crippen molar-refractivity contribution in [2.45, 2.75) is 11.3 Å². The number of halogens is 1. The van der Waals surface area contributed by atoms with Crippen molar-refractivity contribution < 1.29 is 14.3 Å². The number of esters is 1. The molecule has 1 heterocycles. The van der Waals surface area contributed by atoms with Crippen molar-refractivity contribution >= 4 is 50.5 Å². The minimum atomic E-state index is -0.562. The summed E-state index contributed by atoms with van der Waals surface area (Å²) in [6.45, 7) is 0.249. The first-order valence-electron chi connectivity index (χ1n) is 8.53. The van der Waals surface area contributed by atoms with E-state index >= 15 is 0 Å². The van der Waals surface area contributed by atoms with Crippen molar-refractivity contribution in [2.75, 3.05) is 18.9 Å². The number of H-pyrrole nitrogens is 1. The Bertz CT molecular complexity index is 927. The molecule has 0 aliphatic rings. The summed E-state index contributed by atoms with van der Waals surface area (Å²) in [5, 5.41) is 3.66. The van der Waals surface area contributed by atoms with E-state index in [1.807, 2.05) is 42.5 Å². The summed E-state index contributed by atoms with van der Waals surface area (Å²) in [6, 6.07) is 17.6. The fourth-order valence-electron chi connectivity index (χ4n) is 2.51. The maximum absolute atomic E-state index is 12.2. The zero-order valence-electron chi connectivity index (χ0n) is 14.5. The maximum Gasteiger partial charge on any atom is 0.356 e. The lowest BCUT2D eigenvalue weighted by molar-refractivity contribution is -0.124. The topological polar surface area (TPSA) is 71.2 Å². The first kappa shape index (κ1) is 19.5. The first-order valence-corrected chi connectivity index (χ1v) is 10.3. The van der Waals surface area contributed by atoms with Crippen LogP contribution in [0.25, 0.3) is 10.9 Å². The molecule has 0 aliphatic carbocycles. The fraction of sp³-hybridized carbons (Fsp3) is 0.200. The number of aromatic nitrogens is 1. The van der Waals surface area contributed by atoms with Gasteiger partial charge in [0.2, 0.25) is 0 Å². The van der Waals surface area contributed by atoms with Crippen LogP contribution in [-0.4, -0.2) is 35.8 Å². The molecule has 140 valence electrons. The van der Waals surface area contributed by atoms with Crippen molar-refractivity contribution in [3.05, 3.63) is 64.8 Å². The van der Waals surface area contributed by atoms with Crippen molar-refractivity contribution in [1.29, 1.82) is 0 Å². The molecule has 0 unspecified atom stereocenters. The van der Waals surface area contributed by atoms with Crippen LogP contribution in [0.4, 0.5) is 0 Å². The van der Waals surface area contributed by atoms with Crippen molar-refractivity contribution in [3.63, 3.8) is 0 Å². The molecule has 0 bridgehead atoms. The highest BCUT2D eigenvalue weighted by molar-refractivity contribution is 9.10. The smallest absolute Gasteiger partial charge is 0.356 e. The zero-order valence-corrected chi connectivity index (χ0v) is 16.9. The standard InChI is InChI=1S/C20H19BrN2O3S/c21-18-15-9-4-5-10-16(15)23-19(18)20(25)26-13-17(24)22-11-6-12-27-14-7-2-1-3-8-14/h1-5,7-10,23H,6,11-13H2,(H,22,24). The predicted octanol–water partition coefficient (Wildman–Crippen LogP) is 4.39. The SMILES string of the molecule is O=C(COC(=O)c1[nH]c2ccccc2c1Br)NCCCSc1ccccc1. The number of benzene rings is 2. The second-order valence-corrected chi connectivity index (χ2v) is 7.76. The van der Waals surface area contributed by atoms with Crippen LogP contribution >= 0.6 is 27.7 Å². The predicted molar refractivity (Wildman–Crippen MR) is 111 cm³/mol. The molecule has 0 radical (unpaired) electrons. The molecule has 3 aromatic rings. The number of carbonyl (C=O) groups excluding carboxylic acids is 2. The van der Waals surface area contributed by atoms with E-state index in [0.29, 0.717) is 16.7 Å². The fourth-order valence-corrected chi connectivity index (χ4v) is 3.99. The molecule has 3 rings (SSSR count). The quantitative estimate of drug-likeness (QED) is 0.305. The Hall–Kier alpha value is -2.25. The minimum Gasteiger partial charge on any atom is -0.451 e. The summed E-state index contributed by atoms with van der Waals surface area (Å²) in [7, 11) is 0. The van der Waals surface area contributed by atoms with Gasteiger partial charge in [-0.15, -0.1) is 11.8 Å². The van der Waals surface area contributed by atoms with Crippen LogP contribution < -0.4 is 5.32 Å². The molecule has 0 saturated carbocycles. The molecular weight excluding hydrogens is 428 g/mol. The van der Waals surface area contributed by atoms with Gasteiger partial charge in [0, 0.05) is 22.3 Å². The van der Waals surface area contributed by atoms with E-state index < -0.39 is 5.97 Å². The summed E-state index contributed by atoms with van der Waals surface area (Å²) in [5.74, 6) is 0.0414. The van der Waals surface area contributed by atoms with Crippen molar-refractivity contribution in [2.24, 2.45) is 0 Å². The van der Waals surface area contributed by atoms with Crippen LogP contribution in [0.15, 0.2) is 64.0 Å². The number of rotatable bonds is 8. The Balaban J connectivity index is 1.38. The van der Waals surface area contributed by atoms with Crippen LogP contribution in [0.3, 0.4) is 0 Å². The number of hydrogen-bond donors (Lipinski definition) is 2. The molecule has 0 atom stereocenters. The van der Waals surface area contributed by atoms with Crippen molar-refractivity contribution in [1.82, 2.24) is 10.3 Å². The Kier molecular flexibility index (Phi) is 6.95. The van der Waals surface area contributed by atoms with Gasteiger partial charge in [-0.3, -0.25) is 4.79 Å². The number of thioether (sulfide) groups is 1. The van der Waals surface area contributed by atoms with E-state index in [0.717, 1.165) is 23.1 Å². The first-order chi connectivity index (χ1) is 13.1. The van der Waals surface area contributed by atoms with Gasteiger partial charge in [0.15, 0.2) is 6.61 Å². The number of para-hydroxylation sites is 1. The number of carbonyl (C=O) groups is 2. The van der Waals surface area contributed by atoms with E-state index in [1.165, 1.54) is 4.90 Å². The van der Waals surface area contributed by atoms with Crippen LogP contribution in [0.5, 0.6) is 0 Å². The zero-order chi connectivity index (χ0) is 19.1. The van der Waals surface area contributed by atoms with E-state index in [9.17, 15) is 9.59 Å². The second kappa shape index (κ2) is 9.62. The van der Waals surface area contributed by atoms with Crippen LogP contribution in [0, 0.1) is 0 Å². The third kappa shape index (κ3) is 5.37. The van der Waals surface area contributed by atoms with Gasteiger partial charge in [-0.25, -0.2) is 4.79 Å². The Morgan fingerprint density at radius 2 is 1.81 bits per heavy atom. The summed E-state index contributed by atoms with van der Waals surface area (Å²) in [5.41, 5.74) is 1.14. The lowest BCUT2D eigenvalue weighted by Crippen LogP contribution is -2.30. The van der Waals surface area contributed by atoms with Crippen LogP contribution in [-0.2, 0) is 9.53 Å². The molecular formula is C20H19BrN2O3S. The molecule has 27 heavy (non-hydrogen) atoms. The highest BCUT2D eigenvalue weighted by atomic mass is 79.9. The third-order valence-electron chi connectivity index (χ3n) is 3.84. The Morgan fingerprint density at radius 1 is 1.07 bits per heavy atom. The summed E-state index contributed by atoms with van der Waals surface area (Å²) < 4.78 is 5.75. The molecule has 1 amide bonds. The Morgan fingerprint density at radius 3 is 2.59 bits per heavy atom. The van der Waals surface area contributed by atoms with E-state index in [4.69, 9.17) is 4.74 Å². The van der Waals surface area contributed by atoms with E-state index in [-0.39, 0.29) is 12.5 Å². The summed E-state index contributed by atoms with van der Waals surface area (Å²) >= 11 is 5.15. The molecule has 2 N–H and O–H groups in total. The lowest BCUT2D eigenvalue weighted by atomic mass is 10.2. The second-order valence-electron chi connectivity index (χ2n) is 5.80. The number of aromatic amines is 1. The highest BCUT2D eigenvalue weighted by Gasteiger charge is 2.18. The number of amides is 1.